The molecule has 1 heterocycles. The van der Waals surface area contributed by atoms with Gasteiger partial charge in [0.05, 0.1) is 31.1 Å². The van der Waals surface area contributed by atoms with Crippen LogP contribution in [0, 0.1) is 5.82 Å². The Labute approximate surface area is 243 Å². The first kappa shape index (κ1) is 31.5. The van der Waals surface area contributed by atoms with Crippen molar-refractivity contribution in [3.63, 3.8) is 0 Å². The summed E-state index contributed by atoms with van der Waals surface area (Å²) in [6.45, 7) is 0.0810. The fourth-order valence-corrected chi connectivity index (χ4v) is 4.31. The minimum Gasteiger partial charge on any atom is -0.493 e. The zero-order valence-electron chi connectivity index (χ0n) is 23.1. The fourth-order valence-electron chi connectivity index (χ4n) is 4.31. The van der Waals surface area contributed by atoms with Crippen LogP contribution in [-0.2, 0) is 15.9 Å². The van der Waals surface area contributed by atoms with Crippen LogP contribution in [0.5, 0.6) is 11.5 Å². The maximum absolute atomic E-state index is 14.6. The van der Waals surface area contributed by atoms with Crippen LogP contribution in [0.15, 0.2) is 54.6 Å². The molecule has 4 rings (SSSR count). The molecule has 1 unspecified atom stereocenters. The summed E-state index contributed by atoms with van der Waals surface area (Å²) in [5, 5.41) is 22.7. The SMILES string of the molecule is COc1cc(C(=O)NCC(O)(c2cc(C3(OC(N)=O)CC3)cc(-c3ccc(F)cc3)n2)C(F)(F)F)ccc1OC[C@@H](C)O. The number of carbonyl (C=O) groups excluding carboxylic acids is 2. The highest BCUT2D eigenvalue weighted by Gasteiger charge is 2.57. The van der Waals surface area contributed by atoms with E-state index in [0.29, 0.717) is 0 Å². The highest BCUT2D eigenvalue weighted by atomic mass is 19.4. The molecule has 0 aliphatic heterocycles. The van der Waals surface area contributed by atoms with Gasteiger partial charge >= 0.3 is 12.3 Å². The minimum atomic E-state index is -5.34. The quantitative estimate of drug-likeness (QED) is 0.239. The molecule has 0 bridgehead atoms. The molecule has 2 amide bonds. The molecule has 2 atom stereocenters. The number of rotatable bonds is 11. The van der Waals surface area contributed by atoms with Gasteiger partial charge in [-0.2, -0.15) is 13.2 Å². The van der Waals surface area contributed by atoms with Gasteiger partial charge in [0.25, 0.3) is 5.91 Å². The van der Waals surface area contributed by atoms with Gasteiger partial charge in [0.2, 0.25) is 5.60 Å². The zero-order chi connectivity index (χ0) is 31.6. The summed E-state index contributed by atoms with van der Waals surface area (Å²) in [7, 11) is 1.29. The third-order valence-electron chi connectivity index (χ3n) is 6.79. The van der Waals surface area contributed by atoms with E-state index in [2.05, 4.69) is 10.3 Å². The summed E-state index contributed by atoms with van der Waals surface area (Å²) in [4.78, 5) is 28.5. The predicted octanol–water partition coefficient (Wildman–Crippen LogP) is 3.92. The number of nitrogens with two attached hydrogens (primary N) is 1. The number of primary amides is 1. The predicted molar refractivity (Wildman–Crippen MR) is 144 cm³/mol. The lowest BCUT2D eigenvalue weighted by atomic mass is 9.93. The van der Waals surface area contributed by atoms with Crippen LogP contribution in [0.1, 0.15) is 41.4 Å². The molecule has 1 aromatic heterocycles. The number of alkyl halides is 3. The number of aromatic nitrogens is 1. The lowest BCUT2D eigenvalue weighted by Crippen LogP contribution is -2.51. The number of nitrogens with zero attached hydrogens (tertiary/aromatic N) is 1. The van der Waals surface area contributed by atoms with E-state index in [4.69, 9.17) is 19.9 Å². The number of halogens is 4. The molecule has 10 nitrogen and oxygen atoms in total. The van der Waals surface area contributed by atoms with Gasteiger partial charge in [0.15, 0.2) is 11.5 Å². The first-order valence-corrected chi connectivity index (χ1v) is 13.0. The number of benzene rings is 2. The maximum Gasteiger partial charge on any atom is 0.424 e. The van der Waals surface area contributed by atoms with Crippen LogP contribution < -0.4 is 20.5 Å². The summed E-state index contributed by atoms with van der Waals surface area (Å²) in [5.74, 6) is -1.30. The molecule has 1 saturated carbocycles. The number of aliphatic hydroxyl groups excluding tert-OH is 1. The normalized spacial score (nSPS) is 16.0. The van der Waals surface area contributed by atoms with Crippen molar-refractivity contribution in [3.05, 3.63) is 77.2 Å². The Bertz CT molecular complexity index is 1490. The highest BCUT2D eigenvalue weighted by molar-refractivity contribution is 5.95. The average Bonchev–Trinajstić information content (AvgIpc) is 3.73. The van der Waals surface area contributed by atoms with Crippen LogP contribution in [-0.4, -0.2) is 59.7 Å². The van der Waals surface area contributed by atoms with Crippen LogP contribution in [0.25, 0.3) is 11.3 Å². The Balaban J connectivity index is 1.70. The number of methoxy groups -OCH3 is 1. The lowest BCUT2D eigenvalue weighted by Gasteiger charge is -2.31. The van der Waals surface area contributed by atoms with Crippen molar-refractivity contribution in [3.8, 4) is 22.8 Å². The van der Waals surface area contributed by atoms with Gasteiger partial charge in [0, 0.05) is 11.1 Å². The number of amides is 2. The molecule has 230 valence electrons. The molecule has 1 fully saturated rings. The molecule has 43 heavy (non-hydrogen) atoms. The van der Waals surface area contributed by atoms with Gasteiger partial charge in [-0.1, -0.05) is 0 Å². The third-order valence-corrected chi connectivity index (χ3v) is 6.79. The van der Waals surface area contributed by atoms with E-state index in [1.165, 1.54) is 50.4 Å². The second kappa shape index (κ2) is 12.1. The Morgan fingerprint density at radius 2 is 1.77 bits per heavy atom. The van der Waals surface area contributed by atoms with Crippen molar-refractivity contribution in [2.45, 2.75) is 43.2 Å². The second-order valence-corrected chi connectivity index (χ2v) is 10.1. The molecule has 0 radical (unpaired) electrons. The monoisotopic (exact) mass is 607 g/mol. The van der Waals surface area contributed by atoms with Crippen LogP contribution in [0.4, 0.5) is 22.4 Å². The molecular weight excluding hydrogens is 578 g/mol. The molecule has 3 aromatic rings. The number of ether oxygens (including phenoxy) is 3. The number of pyridine rings is 1. The van der Waals surface area contributed by atoms with E-state index in [-0.39, 0.29) is 53.3 Å². The number of hydrogen-bond acceptors (Lipinski definition) is 8. The van der Waals surface area contributed by atoms with Crippen molar-refractivity contribution in [2.24, 2.45) is 5.73 Å². The molecule has 2 aromatic carbocycles. The Kier molecular flexibility index (Phi) is 8.83. The van der Waals surface area contributed by atoms with E-state index in [0.717, 1.165) is 18.2 Å². The molecule has 0 saturated heterocycles. The summed E-state index contributed by atoms with van der Waals surface area (Å²) >= 11 is 0. The Morgan fingerprint density at radius 3 is 2.33 bits per heavy atom. The van der Waals surface area contributed by atoms with Crippen LogP contribution in [0.3, 0.4) is 0 Å². The van der Waals surface area contributed by atoms with Crippen molar-refractivity contribution >= 4 is 12.0 Å². The molecule has 14 heteroatoms. The fraction of sp³-hybridized carbons (Fsp3) is 0.345. The van der Waals surface area contributed by atoms with Gasteiger partial charge in [-0.25, -0.2) is 14.2 Å². The highest BCUT2D eigenvalue weighted by Crippen LogP contribution is 2.51. The van der Waals surface area contributed by atoms with E-state index < -0.39 is 53.5 Å². The minimum absolute atomic E-state index is 0.0710. The number of nitrogens with one attached hydrogen (secondary N) is 1. The van der Waals surface area contributed by atoms with E-state index in [1.807, 2.05) is 0 Å². The third kappa shape index (κ3) is 6.97. The number of carbonyl (C=O) groups is 2. The smallest absolute Gasteiger partial charge is 0.424 e. The number of hydrogen-bond donors (Lipinski definition) is 4. The average molecular weight is 608 g/mol. The van der Waals surface area contributed by atoms with Crippen molar-refractivity contribution < 1.29 is 51.6 Å². The molecular formula is C29H29F4N3O7. The van der Waals surface area contributed by atoms with Crippen molar-refractivity contribution in [1.29, 1.82) is 0 Å². The molecule has 0 spiro atoms. The summed E-state index contributed by atoms with van der Waals surface area (Å²) in [6.07, 6.45) is -6.77. The van der Waals surface area contributed by atoms with Gasteiger partial charge in [-0.05, 0) is 79.9 Å². The summed E-state index contributed by atoms with van der Waals surface area (Å²) in [6, 6.07) is 10.9. The first-order valence-electron chi connectivity index (χ1n) is 13.0. The zero-order valence-corrected chi connectivity index (χ0v) is 23.1. The largest absolute Gasteiger partial charge is 0.493 e. The van der Waals surface area contributed by atoms with E-state index in [9.17, 15) is 37.4 Å². The Hall–Kier alpha value is -4.43. The van der Waals surface area contributed by atoms with Gasteiger partial charge in [-0.3, -0.25) is 4.79 Å². The van der Waals surface area contributed by atoms with E-state index in [1.54, 1.807) is 0 Å². The first-order chi connectivity index (χ1) is 20.2. The van der Waals surface area contributed by atoms with Crippen molar-refractivity contribution in [1.82, 2.24) is 10.3 Å². The Morgan fingerprint density at radius 1 is 1.09 bits per heavy atom. The van der Waals surface area contributed by atoms with Crippen LogP contribution >= 0.6 is 0 Å². The maximum atomic E-state index is 14.6. The molecule has 1 aliphatic carbocycles. The van der Waals surface area contributed by atoms with Crippen LogP contribution in [0.2, 0.25) is 0 Å². The molecule has 5 N–H and O–H groups in total. The number of aliphatic hydroxyl groups is 2. The lowest BCUT2D eigenvalue weighted by molar-refractivity contribution is -0.265. The van der Waals surface area contributed by atoms with Gasteiger partial charge in [0.1, 0.15) is 18.0 Å². The topological polar surface area (TPSA) is 153 Å². The second-order valence-electron chi connectivity index (χ2n) is 10.1. The standard InChI is InChI=1S/C29H29F4N3O7/c1-16(37)14-42-22-8-5-18(11-23(22)41-2)25(38)35-15-28(40,29(31,32)33)24-13-19(27(9-10-27)43-26(34)39)12-21(36-24)17-3-6-20(30)7-4-17/h3-8,11-13,16,37,40H,9-10,14-15H2,1-2H3,(H2,34,39)(H,35,38)/t16-,28?/m1/s1. The molecule has 1 aliphatic rings. The van der Waals surface area contributed by atoms with Gasteiger partial charge < -0.3 is 35.5 Å². The van der Waals surface area contributed by atoms with E-state index >= 15 is 0 Å². The van der Waals surface area contributed by atoms with Crippen molar-refractivity contribution in [2.75, 3.05) is 20.3 Å². The summed E-state index contributed by atoms with van der Waals surface area (Å²) in [5.41, 5.74) is -0.614. The summed E-state index contributed by atoms with van der Waals surface area (Å²) < 4.78 is 73.0. The van der Waals surface area contributed by atoms with Gasteiger partial charge in [-0.15, -0.1) is 0 Å².